The van der Waals surface area contributed by atoms with Crippen molar-refractivity contribution in [3.8, 4) is 11.1 Å². The zero-order valence-electron chi connectivity index (χ0n) is 15.1. The molecule has 2 aromatic rings. The second-order valence-corrected chi connectivity index (χ2v) is 8.22. The highest BCUT2D eigenvalue weighted by Gasteiger charge is 2.41. The van der Waals surface area contributed by atoms with Gasteiger partial charge in [0.05, 0.1) is 6.10 Å². The van der Waals surface area contributed by atoms with Gasteiger partial charge in [0.2, 0.25) is 5.91 Å². The Bertz CT molecular complexity index is 933. The highest BCUT2D eigenvalue weighted by atomic mass is 16.3. The lowest BCUT2D eigenvalue weighted by Gasteiger charge is -2.45. The van der Waals surface area contributed by atoms with Crippen LogP contribution in [0.15, 0.2) is 41.5 Å². The van der Waals surface area contributed by atoms with Crippen molar-refractivity contribution < 1.29 is 9.90 Å². The average molecular weight is 365 g/mol. The first kappa shape index (κ1) is 16.7. The van der Waals surface area contributed by atoms with Crippen molar-refractivity contribution in [3.05, 3.63) is 52.7 Å². The predicted octanol–water partition coefficient (Wildman–Crippen LogP) is 1.63. The Labute approximate surface area is 157 Å². The van der Waals surface area contributed by atoms with Gasteiger partial charge >= 0.3 is 0 Å². The molecule has 0 spiro atoms. The number of carbonyl (C=O) groups excluding carboxylic acids is 1. The van der Waals surface area contributed by atoms with Crippen LogP contribution in [0.2, 0.25) is 0 Å². The topological polar surface area (TPSA) is 75.4 Å². The standard InChI is InChI=1S/C21H23N3O3/c25-18-5-16(6-18)21(27)23-10-13-4-17(12-23)19-7-15(8-20(26)24(19)11-13)14-2-1-3-22-9-14/h1-3,7-9,13,16-18,25H,4-6,10-12H2/t13-,16?,17+,18?/m0/s1. The minimum Gasteiger partial charge on any atom is -0.393 e. The first-order valence-electron chi connectivity index (χ1n) is 9.70. The number of carbonyl (C=O) groups is 1. The van der Waals surface area contributed by atoms with E-state index in [1.807, 2.05) is 21.6 Å². The Balaban J connectivity index is 1.46. The Morgan fingerprint density at radius 1 is 1.11 bits per heavy atom. The van der Waals surface area contributed by atoms with Gasteiger partial charge in [-0.1, -0.05) is 6.07 Å². The van der Waals surface area contributed by atoms with Crippen LogP contribution in [0, 0.1) is 11.8 Å². The Morgan fingerprint density at radius 3 is 2.70 bits per heavy atom. The van der Waals surface area contributed by atoms with E-state index in [9.17, 15) is 14.7 Å². The van der Waals surface area contributed by atoms with E-state index in [0.29, 0.717) is 31.8 Å². The van der Waals surface area contributed by atoms with Crippen LogP contribution in [0.4, 0.5) is 0 Å². The van der Waals surface area contributed by atoms with E-state index in [2.05, 4.69) is 11.1 Å². The number of amides is 1. The largest absolute Gasteiger partial charge is 0.393 e. The summed E-state index contributed by atoms with van der Waals surface area (Å²) in [7, 11) is 0. The van der Waals surface area contributed by atoms with Gasteiger partial charge in [0.15, 0.2) is 0 Å². The third-order valence-electron chi connectivity index (χ3n) is 6.33. The number of hydrogen-bond acceptors (Lipinski definition) is 4. The van der Waals surface area contributed by atoms with Crippen molar-refractivity contribution in [1.82, 2.24) is 14.5 Å². The second-order valence-electron chi connectivity index (χ2n) is 8.22. The van der Waals surface area contributed by atoms with Crippen LogP contribution in [0.5, 0.6) is 0 Å². The zero-order valence-corrected chi connectivity index (χ0v) is 15.1. The molecule has 140 valence electrons. The fraction of sp³-hybridized carbons (Fsp3) is 0.476. The van der Waals surface area contributed by atoms with Crippen molar-refractivity contribution >= 4 is 5.91 Å². The summed E-state index contributed by atoms with van der Waals surface area (Å²) in [6.07, 6.45) is 5.38. The van der Waals surface area contributed by atoms with Crippen molar-refractivity contribution in [1.29, 1.82) is 0 Å². The summed E-state index contributed by atoms with van der Waals surface area (Å²) in [4.78, 5) is 31.6. The number of aliphatic hydroxyl groups excluding tert-OH is 1. The number of aliphatic hydroxyl groups is 1. The molecule has 2 aliphatic heterocycles. The van der Waals surface area contributed by atoms with Crippen LogP contribution in [0.1, 0.15) is 30.9 Å². The number of fused-ring (bicyclic) bond motifs is 4. The van der Waals surface area contributed by atoms with E-state index < -0.39 is 0 Å². The molecule has 5 rings (SSSR count). The zero-order chi connectivity index (χ0) is 18.5. The number of piperidine rings is 1. The summed E-state index contributed by atoms with van der Waals surface area (Å²) in [6, 6.07) is 7.63. The van der Waals surface area contributed by atoms with Gasteiger partial charge in [0.1, 0.15) is 0 Å². The summed E-state index contributed by atoms with van der Waals surface area (Å²) < 4.78 is 1.90. The van der Waals surface area contributed by atoms with Gasteiger partial charge in [0.25, 0.3) is 5.56 Å². The minimum atomic E-state index is -0.315. The number of pyridine rings is 2. The quantitative estimate of drug-likeness (QED) is 0.878. The summed E-state index contributed by atoms with van der Waals surface area (Å²) in [5.74, 6) is 0.667. The fourth-order valence-electron chi connectivity index (χ4n) is 4.89. The highest BCUT2D eigenvalue weighted by Crippen LogP contribution is 2.38. The van der Waals surface area contributed by atoms with Crippen LogP contribution in [0.3, 0.4) is 0 Å². The minimum absolute atomic E-state index is 0.0252. The summed E-state index contributed by atoms with van der Waals surface area (Å²) >= 11 is 0. The smallest absolute Gasteiger partial charge is 0.251 e. The first-order valence-corrected chi connectivity index (χ1v) is 9.70. The van der Waals surface area contributed by atoms with Gasteiger partial charge in [-0.15, -0.1) is 0 Å². The SMILES string of the molecule is O=C(C1CC(O)C1)N1C[C@@H]2C[C@H](C1)c1cc(-c3cccnc3)cc(=O)n1C2. The number of rotatable bonds is 2. The maximum Gasteiger partial charge on any atom is 0.251 e. The van der Waals surface area contributed by atoms with Gasteiger partial charge in [-0.05, 0) is 42.9 Å². The predicted molar refractivity (Wildman–Crippen MR) is 100 cm³/mol. The number of likely N-dealkylation sites (tertiary alicyclic amines) is 1. The number of aromatic nitrogens is 2. The summed E-state index contributed by atoms with van der Waals surface area (Å²) in [6.45, 7) is 2.06. The molecule has 3 aliphatic rings. The van der Waals surface area contributed by atoms with E-state index in [4.69, 9.17) is 0 Å². The molecule has 6 nitrogen and oxygen atoms in total. The van der Waals surface area contributed by atoms with E-state index >= 15 is 0 Å². The average Bonchev–Trinajstić information content (AvgIpc) is 2.66. The van der Waals surface area contributed by atoms with E-state index in [-0.39, 0.29) is 29.4 Å². The number of nitrogens with zero attached hydrogens (tertiary/aromatic N) is 3. The molecule has 2 fully saturated rings. The summed E-state index contributed by atoms with van der Waals surface area (Å²) in [5.41, 5.74) is 2.89. The van der Waals surface area contributed by atoms with Crippen molar-refractivity contribution in [3.63, 3.8) is 0 Å². The molecule has 6 heteroatoms. The molecule has 4 heterocycles. The van der Waals surface area contributed by atoms with Crippen LogP contribution in [-0.2, 0) is 11.3 Å². The molecular weight excluding hydrogens is 342 g/mol. The Kier molecular flexibility index (Phi) is 3.90. The van der Waals surface area contributed by atoms with Crippen LogP contribution >= 0.6 is 0 Å². The first-order chi connectivity index (χ1) is 13.1. The number of hydrogen-bond donors (Lipinski definition) is 1. The van der Waals surface area contributed by atoms with Crippen LogP contribution < -0.4 is 5.56 Å². The molecule has 0 radical (unpaired) electrons. The maximum atomic E-state index is 12.8. The molecule has 1 saturated heterocycles. The highest BCUT2D eigenvalue weighted by molar-refractivity contribution is 5.80. The molecule has 2 aromatic heterocycles. The molecule has 2 atom stereocenters. The molecule has 0 aromatic carbocycles. The third-order valence-corrected chi connectivity index (χ3v) is 6.33. The maximum absolute atomic E-state index is 12.8. The third kappa shape index (κ3) is 2.88. The van der Waals surface area contributed by atoms with Gasteiger partial charge in [0, 0.05) is 61.2 Å². The van der Waals surface area contributed by atoms with Gasteiger partial charge < -0.3 is 14.6 Å². The molecule has 1 amide bonds. The van der Waals surface area contributed by atoms with E-state index in [1.54, 1.807) is 18.5 Å². The van der Waals surface area contributed by atoms with Crippen LogP contribution in [0.25, 0.3) is 11.1 Å². The Morgan fingerprint density at radius 2 is 1.96 bits per heavy atom. The lowest BCUT2D eigenvalue weighted by molar-refractivity contribution is -0.145. The molecule has 0 unspecified atom stereocenters. The van der Waals surface area contributed by atoms with Gasteiger partial charge in [-0.25, -0.2) is 0 Å². The van der Waals surface area contributed by atoms with Crippen LogP contribution in [-0.4, -0.2) is 44.7 Å². The molecule has 2 bridgehead atoms. The fourth-order valence-corrected chi connectivity index (χ4v) is 4.89. The van der Waals surface area contributed by atoms with Gasteiger partial charge in [-0.2, -0.15) is 0 Å². The van der Waals surface area contributed by atoms with E-state index in [0.717, 1.165) is 29.8 Å². The lowest BCUT2D eigenvalue weighted by Crippen LogP contribution is -2.52. The second kappa shape index (κ2) is 6.30. The van der Waals surface area contributed by atoms with Crippen molar-refractivity contribution in [2.24, 2.45) is 11.8 Å². The monoisotopic (exact) mass is 365 g/mol. The molecule has 27 heavy (non-hydrogen) atoms. The van der Waals surface area contributed by atoms with Gasteiger partial charge in [-0.3, -0.25) is 14.6 Å². The molecule has 1 saturated carbocycles. The van der Waals surface area contributed by atoms with E-state index in [1.165, 1.54) is 0 Å². The molecule has 1 N–H and O–H groups in total. The Hall–Kier alpha value is -2.47. The summed E-state index contributed by atoms with van der Waals surface area (Å²) in [5, 5.41) is 9.51. The van der Waals surface area contributed by atoms with Crippen molar-refractivity contribution in [2.45, 2.75) is 37.8 Å². The molecular formula is C21H23N3O3. The molecule has 1 aliphatic carbocycles. The normalized spacial score (nSPS) is 29.0. The lowest BCUT2D eigenvalue weighted by atomic mass is 9.78. The van der Waals surface area contributed by atoms with Crippen molar-refractivity contribution in [2.75, 3.05) is 13.1 Å².